The van der Waals surface area contributed by atoms with Gasteiger partial charge in [0.05, 0.1) is 0 Å². The van der Waals surface area contributed by atoms with Crippen LogP contribution in [0.1, 0.15) is 43.6 Å². The molecule has 3 fully saturated rings. The van der Waals surface area contributed by atoms with Crippen LogP contribution in [0.15, 0.2) is 24.3 Å². The number of likely N-dealkylation sites (tertiary alicyclic amines) is 1. The van der Waals surface area contributed by atoms with Gasteiger partial charge in [-0.25, -0.2) is 4.39 Å². The summed E-state index contributed by atoms with van der Waals surface area (Å²) in [5, 5.41) is 3.23. The molecule has 4 heteroatoms. The van der Waals surface area contributed by atoms with E-state index in [-0.39, 0.29) is 23.6 Å². The predicted molar refractivity (Wildman–Crippen MR) is 83.0 cm³/mol. The number of hydrogen-bond donors (Lipinski definition) is 1. The molecule has 1 aromatic carbocycles. The Balaban J connectivity index is 1.26. The van der Waals surface area contributed by atoms with E-state index in [0.717, 1.165) is 44.0 Å². The largest absolute Gasteiger partial charge is 0.353 e. The molecule has 0 aromatic heterocycles. The minimum Gasteiger partial charge on any atom is -0.353 e. The summed E-state index contributed by atoms with van der Waals surface area (Å²) in [4.78, 5) is 14.9. The van der Waals surface area contributed by atoms with E-state index in [0.29, 0.717) is 6.04 Å². The minimum absolute atomic E-state index is 0.0897. The number of rotatable bonds is 4. The first-order chi connectivity index (χ1) is 10.7. The summed E-state index contributed by atoms with van der Waals surface area (Å²) in [6.45, 7) is 2.25. The van der Waals surface area contributed by atoms with Gasteiger partial charge in [-0.2, -0.15) is 0 Å². The average molecular weight is 302 g/mol. The Kier molecular flexibility index (Phi) is 3.65. The topological polar surface area (TPSA) is 32.3 Å². The molecule has 2 aliphatic carbocycles. The molecule has 1 aromatic rings. The standard InChI is InChI=1S/C18H23FN2O/c19-13-3-1-12(2-4-13)16-11-17(16)18(22)20-14-7-9-21(10-8-14)15-5-6-15/h1-4,14-17H,5-11H2,(H,20,22)/t16-,17-/m0/s1. The molecule has 1 aliphatic heterocycles. The fourth-order valence-electron chi connectivity index (χ4n) is 3.72. The number of carbonyl (C=O) groups is 1. The number of amides is 1. The molecule has 1 N–H and O–H groups in total. The Labute approximate surface area is 130 Å². The first kappa shape index (κ1) is 14.2. The molecule has 4 rings (SSSR count). The van der Waals surface area contributed by atoms with Gasteiger partial charge in [-0.1, -0.05) is 12.1 Å². The van der Waals surface area contributed by atoms with Crippen molar-refractivity contribution in [1.82, 2.24) is 10.2 Å². The molecular formula is C18H23FN2O. The van der Waals surface area contributed by atoms with Crippen molar-refractivity contribution in [2.75, 3.05) is 13.1 Å². The maximum absolute atomic E-state index is 12.9. The molecule has 118 valence electrons. The van der Waals surface area contributed by atoms with Crippen LogP contribution in [0, 0.1) is 11.7 Å². The lowest BCUT2D eigenvalue weighted by atomic mass is 10.0. The summed E-state index contributed by atoms with van der Waals surface area (Å²) in [5.41, 5.74) is 1.09. The van der Waals surface area contributed by atoms with E-state index >= 15 is 0 Å². The number of halogens is 1. The second-order valence-corrected chi connectivity index (χ2v) is 7.05. The molecule has 2 saturated carbocycles. The van der Waals surface area contributed by atoms with Gasteiger partial charge in [0.2, 0.25) is 5.91 Å². The predicted octanol–water partition coefficient (Wildman–Crippen LogP) is 2.67. The van der Waals surface area contributed by atoms with Crippen LogP contribution in [0.5, 0.6) is 0 Å². The summed E-state index contributed by atoms with van der Waals surface area (Å²) in [6.07, 6.45) is 5.78. The first-order valence-electron chi connectivity index (χ1n) is 8.50. The second-order valence-electron chi connectivity index (χ2n) is 7.05. The van der Waals surface area contributed by atoms with Gasteiger partial charge >= 0.3 is 0 Å². The van der Waals surface area contributed by atoms with Gasteiger partial charge < -0.3 is 10.2 Å². The summed E-state index contributed by atoms with van der Waals surface area (Å²) < 4.78 is 12.9. The number of piperidine rings is 1. The molecule has 0 spiro atoms. The van der Waals surface area contributed by atoms with Gasteiger partial charge in [0.1, 0.15) is 5.82 Å². The Bertz CT molecular complexity index is 547. The first-order valence-corrected chi connectivity index (χ1v) is 8.50. The van der Waals surface area contributed by atoms with Crippen molar-refractivity contribution in [2.45, 2.75) is 50.1 Å². The zero-order valence-corrected chi connectivity index (χ0v) is 12.8. The lowest BCUT2D eigenvalue weighted by Crippen LogP contribution is -2.45. The van der Waals surface area contributed by atoms with Gasteiger partial charge in [0, 0.05) is 31.1 Å². The van der Waals surface area contributed by atoms with E-state index in [2.05, 4.69) is 10.2 Å². The van der Waals surface area contributed by atoms with Crippen molar-refractivity contribution in [2.24, 2.45) is 5.92 Å². The number of hydrogen-bond acceptors (Lipinski definition) is 2. The van der Waals surface area contributed by atoms with Crippen LogP contribution in [0.4, 0.5) is 4.39 Å². The third kappa shape index (κ3) is 3.02. The number of carbonyl (C=O) groups excluding carboxylic acids is 1. The Morgan fingerprint density at radius 1 is 1.09 bits per heavy atom. The van der Waals surface area contributed by atoms with Crippen molar-refractivity contribution >= 4 is 5.91 Å². The Hall–Kier alpha value is -1.42. The maximum Gasteiger partial charge on any atom is 0.223 e. The summed E-state index contributed by atoms with van der Waals surface area (Å²) in [6, 6.07) is 7.76. The smallest absolute Gasteiger partial charge is 0.223 e. The highest BCUT2D eigenvalue weighted by molar-refractivity contribution is 5.83. The average Bonchev–Trinajstić information content (AvgIpc) is 3.41. The van der Waals surface area contributed by atoms with Gasteiger partial charge in [-0.15, -0.1) is 0 Å². The molecular weight excluding hydrogens is 279 g/mol. The van der Waals surface area contributed by atoms with Crippen LogP contribution in [-0.2, 0) is 4.79 Å². The Morgan fingerprint density at radius 3 is 2.41 bits per heavy atom. The van der Waals surface area contributed by atoms with E-state index in [1.807, 2.05) is 0 Å². The lowest BCUT2D eigenvalue weighted by Gasteiger charge is -2.32. The highest BCUT2D eigenvalue weighted by Gasteiger charge is 2.44. The van der Waals surface area contributed by atoms with Crippen LogP contribution in [0.2, 0.25) is 0 Å². The van der Waals surface area contributed by atoms with Gasteiger partial charge in [0.15, 0.2) is 0 Å². The van der Waals surface area contributed by atoms with E-state index in [1.165, 1.54) is 25.0 Å². The maximum atomic E-state index is 12.9. The minimum atomic E-state index is -0.215. The van der Waals surface area contributed by atoms with E-state index in [4.69, 9.17) is 0 Å². The van der Waals surface area contributed by atoms with Gasteiger partial charge in [0.25, 0.3) is 0 Å². The highest BCUT2D eigenvalue weighted by atomic mass is 19.1. The molecule has 22 heavy (non-hydrogen) atoms. The van der Waals surface area contributed by atoms with E-state index < -0.39 is 0 Å². The summed E-state index contributed by atoms with van der Waals surface area (Å²) >= 11 is 0. The zero-order valence-electron chi connectivity index (χ0n) is 12.8. The van der Waals surface area contributed by atoms with E-state index in [1.54, 1.807) is 12.1 Å². The second kappa shape index (κ2) is 5.65. The number of nitrogens with zero attached hydrogens (tertiary/aromatic N) is 1. The SMILES string of the molecule is O=C(NC1CCN(C2CC2)CC1)[C@H]1C[C@H]1c1ccc(F)cc1. The van der Waals surface area contributed by atoms with Gasteiger partial charge in [-0.05, 0) is 55.7 Å². The molecule has 3 nitrogen and oxygen atoms in total. The molecule has 1 amide bonds. The molecule has 2 atom stereocenters. The normalized spacial score (nSPS) is 29.3. The van der Waals surface area contributed by atoms with Crippen LogP contribution in [-0.4, -0.2) is 36.0 Å². The molecule has 3 aliphatic rings. The zero-order chi connectivity index (χ0) is 15.1. The van der Waals surface area contributed by atoms with Crippen molar-refractivity contribution < 1.29 is 9.18 Å². The van der Waals surface area contributed by atoms with Crippen molar-refractivity contribution in [3.63, 3.8) is 0 Å². The molecule has 1 saturated heterocycles. The lowest BCUT2D eigenvalue weighted by molar-refractivity contribution is -0.123. The summed E-state index contributed by atoms with van der Waals surface area (Å²) in [7, 11) is 0. The van der Waals surface area contributed by atoms with Crippen LogP contribution in [0.3, 0.4) is 0 Å². The van der Waals surface area contributed by atoms with Crippen molar-refractivity contribution in [1.29, 1.82) is 0 Å². The van der Waals surface area contributed by atoms with Crippen LogP contribution >= 0.6 is 0 Å². The summed E-state index contributed by atoms with van der Waals surface area (Å²) in [5.74, 6) is 0.353. The molecule has 0 radical (unpaired) electrons. The third-order valence-corrected chi connectivity index (χ3v) is 5.36. The third-order valence-electron chi connectivity index (χ3n) is 5.36. The molecule has 1 heterocycles. The van der Waals surface area contributed by atoms with Crippen molar-refractivity contribution in [3.8, 4) is 0 Å². The van der Waals surface area contributed by atoms with Crippen LogP contribution in [0.25, 0.3) is 0 Å². The molecule has 0 bridgehead atoms. The van der Waals surface area contributed by atoms with Crippen molar-refractivity contribution in [3.05, 3.63) is 35.6 Å². The van der Waals surface area contributed by atoms with Gasteiger partial charge in [-0.3, -0.25) is 4.79 Å². The fraction of sp³-hybridized carbons (Fsp3) is 0.611. The quantitative estimate of drug-likeness (QED) is 0.927. The Morgan fingerprint density at radius 2 is 1.77 bits per heavy atom. The van der Waals surface area contributed by atoms with E-state index in [9.17, 15) is 9.18 Å². The number of benzene rings is 1. The molecule has 0 unspecified atom stereocenters. The number of nitrogens with one attached hydrogen (secondary N) is 1. The van der Waals surface area contributed by atoms with Crippen LogP contribution < -0.4 is 5.32 Å². The monoisotopic (exact) mass is 302 g/mol. The fourth-order valence-corrected chi connectivity index (χ4v) is 3.72. The highest BCUT2D eigenvalue weighted by Crippen LogP contribution is 2.47.